The summed E-state index contributed by atoms with van der Waals surface area (Å²) in [6.45, 7) is 6.71. The lowest BCUT2D eigenvalue weighted by Gasteiger charge is -2.24. The molecule has 118 valence electrons. The highest BCUT2D eigenvalue weighted by atomic mass is 19.1. The largest absolute Gasteiger partial charge is 0.505 e. The van der Waals surface area contributed by atoms with E-state index in [0.717, 1.165) is 0 Å². The molecule has 2 N–H and O–H groups in total. The maximum atomic E-state index is 13.1. The fourth-order valence-corrected chi connectivity index (χ4v) is 1.60. The normalized spacial score (nSPS) is 11.3. The van der Waals surface area contributed by atoms with Crippen LogP contribution in [0.15, 0.2) is 18.2 Å². The summed E-state index contributed by atoms with van der Waals surface area (Å²) in [5.74, 6) is -0.981. The number of amides is 1. The Kier molecular flexibility index (Phi) is 5.96. The van der Waals surface area contributed by atoms with Gasteiger partial charge in [-0.15, -0.1) is 0 Å². The summed E-state index contributed by atoms with van der Waals surface area (Å²) in [5, 5.41) is 12.6. The van der Waals surface area contributed by atoms with Crippen molar-refractivity contribution in [3.8, 4) is 5.75 Å². The first-order valence-corrected chi connectivity index (χ1v) is 6.82. The minimum absolute atomic E-state index is 0.325. The SMILES string of the molecule is CN(CCNCc1cccc(F)c1O)C(=O)OC(C)(C)C. The third kappa shape index (κ3) is 5.99. The second kappa shape index (κ2) is 7.26. The Morgan fingerprint density at radius 2 is 2.10 bits per heavy atom. The number of hydrogen-bond acceptors (Lipinski definition) is 4. The first-order chi connectivity index (χ1) is 9.70. The van der Waals surface area contributed by atoms with E-state index in [4.69, 9.17) is 4.74 Å². The number of rotatable bonds is 5. The summed E-state index contributed by atoms with van der Waals surface area (Å²) >= 11 is 0. The van der Waals surface area contributed by atoms with E-state index in [-0.39, 0.29) is 5.75 Å². The maximum absolute atomic E-state index is 13.1. The minimum atomic E-state index is -0.639. The highest BCUT2D eigenvalue weighted by molar-refractivity contribution is 5.67. The van der Waals surface area contributed by atoms with E-state index in [1.807, 2.05) is 20.8 Å². The maximum Gasteiger partial charge on any atom is 0.410 e. The number of nitrogens with zero attached hydrogens (tertiary/aromatic N) is 1. The molecule has 0 aliphatic heterocycles. The van der Waals surface area contributed by atoms with Gasteiger partial charge >= 0.3 is 6.09 Å². The average molecular weight is 298 g/mol. The number of para-hydroxylation sites is 1. The van der Waals surface area contributed by atoms with Gasteiger partial charge in [-0.3, -0.25) is 0 Å². The lowest BCUT2D eigenvalue weighted by molar-refractivity contribution is 0.0300. The minimum Gasteiger partial charge on any atom is -0.505 e. The van der Waals surface area contributed by atoms with Gasteiger partial charge in [-0.2, -0.15) is 0 Å². The number of benzene rings is 1. The van der Waals surface area contributed by atoms with Gasteiger partial charge < -0.3 is 20.1 Å². The Hall–Kier alpha value is -1.82. The molecule has 1 aromatic carbocycles. The molecule has 0 saturated heterocycles. The third-order valence-corrected chi connectivity index (χ3v) is 2.71. The molecule has 0 unspecified atom stereocenters. The van der Waals surface area contributed by atoms with E-state index in [9.17, 15) is 14.3 Å². The Labute approximate surface area is 124 Å². The van der Waals surface area contributed by atoms with Crippen LogP contribution < -0.4 is 5.32 Å². The molecule has 6 heteroatoms. The third-order valence-electron chi connectivity index (χ3n) is 2.71. The molecule has 0 bridgehead atoms. The van der Waals surface area contributed by atoms with Crippen molar-refractivity contribution in [1.82, 2.24) is 10.2 Å². The molecule has 1 rings (SSSR count). The van der Waals surface area contributed by atoms with Crippen molar-refractivity contribution in [2.45, 2.75) is 32.9 Å². The molecule has 21 heavy (non-hydrogen) atoms. The number of phenols is 1. The predicted octanol–water partition coefficient (Wildman–Crippen LogP) is 2.49. The molecule has 0 aliphatic carbocycles. The number of carbonyl (C=O) groups is 1. The van der Waals surface area contributed by atoms with E-state index >= 15 is 0 Å². The van der Waals surface area contributed by atoms with Gasteiger partial charge in [-0.25, -0.2) is 9.18 Å². The number of nitrogens with one attached hydrogen (secondary N) is 1. The van der Waals surface area contributed by atoms with Crippen LogP contribution in [0.2, 0.25) is 0 Å². The molecule has 1 aromatic rings. The monoisotopic (exact) mass is 298 g/mol. The van der Waals surface area contributed by atoms with Crippen LogP contribution in [-0.4, -0.2) is 41.8 Å². The number of ether oxygens (including phenoxy) is 1. The van der Waals surface area contributed by atoms with Crippen molar-refractivity contribution in [3.05, 3.63) is 29.6 Å². The zero-order chi connectivity index (χ0) is 16.0. The smallest absolute Gasteiger partial charge is 0.410 e. The first-order valence-electron chi connectivity index (χ1n) is 6.82. The lowest BCUT2D eigenvalue weighted by atomic mass is 10.2. The molecule has 0 spiro atoms. The Morgan fingerprint density at radius 1 is 1.43 bits per heavy atom. The molecule has 0 saturated carbocycles. The van der Waals surface area contributed by atoms with Gasteiger partial charge in [-0.05, 0) is 26.8 Å². The fraction of sp³-hybridized carbons (Fsp3) is 0.533. The molecular weight excluding hydrogens is 275 g/mol. The van der Waals surface area contributed by atoms with Crippen LogP contribution in [0.5, 0.6) is 5.75 Å². The molecule has 0 radical (unpaired) electrons. The van der Waals surface area contributed by atoms with Gasteiger partial charge in [0.2, 0.25) is 0 Å². The van der Waals surface area contributed by atoms with Gasteiger partial charge in [0.05, 0.1) is 0 Å². The summed E-state index contributed by atoms with van der Waals surface area (Å²) in [5.41, 5.74) is -0.0403. The summed E-state index contributed by atoms with van der Waals surface area (Å²) in [4.78, 5) is 13.2. The van der Waals surface area contributed by atoms with E-state index in [2.05, 4.69) is 5.32 Å². The zero-order valence-electron chi connectivity index (χ0n) is 12.9. The number of phenolic OH excluding ortho intramolecular Hbond substituents is 1. The highest BCUT2D eigenvalue weighted by Crippen LogP contribution is 2.20. The van der Waals surface area contributed by atoms with E-state index < -0.39 is 17.5 Å². The molecule has 0 atom stereocenters. The zero-order valence-corrected chi connectivity index (χ0v) is 12.9. The Balaban J connectivity index is 2.34. The molecule has 0 aliphatic rings. The summed E-state index contributed by atoms with van der Waals surface area (Å²) in [6, 6.07) is 4.39. The number of carbonyl (C=O) groups excluding carboxylic acids is 1. The number of hydrogen-bond donors (Lipinski definition) is 2. The predicted molar refractivity (Wildman–Crippen MR) is 78.6 cm³/mol. The molecule has 5 nitrogen and oxygen atoms in total. The van der Waals surface area contributed by atoms with Crippen LogP contribution >= 0.6 is 0 Å². The molecule has 0 fully saturated rings. The summed E-state index contributed by atoms with van der Waals surface area (Å²) < 4.78 is 18.4. The summed E-state index contributed by atoms with van der Waals surface area (Å²) in [7, 11) is 1.65. The van der Waals surface area contributed by atoms with Gasteiger partial charge in [0.25, 0.3) is 0 Å². The topological polar surface area (TPSA) is 61.8 Å². The average Bonchev–Trinajstić information content (AvgIpc) is 2.37. The van der Waals surface area contributed by atoms with Crippen LogP contribution in [0.1, 0.15) is 26.3 Å². The number of aromatic hydroxyl groups is 1. The van der Waals surface area contributed by atoms with Gasteiger partial charge in [-0.1, -0.05) is 12.1 Å². The van der Waals surface area contributed by atoms with Crippen molar-refractivity contribution in [3.63, 3.8) is 0 Å². The van der Waals surface area contributed by atoms with Crippen molar-refractivity contribution in [2.75, 3.05) is 20.1 Å². The Morgan fingerprint density at radius 3 is 2.71 bits per heavy atom. The van der Waals surface area contributed by atoms with Crippen LogP contribution in [0, 0.1) is 5.82 Å². The number of halogens is 1. The van der Waals surface area contributed by atoms with Gasteiger partial charge in [0.15, 0.2) is 11.6 Å². The number of likely N-dealkylation sites (N-methyl/N-ethyl adjacent to an activating group) is 1. The second-order valence-electron chi connectivity index (χ2n) is 5.83. The van der Waals surface area contributed by atoms with Crippen LogP contribution in [0.4, 0.5) is 9.18 Å². The van der Waals surface area contributed by atoms with Crippen LogP contribution in [0.25, 0.3) is 0 Å². The quantitative estimate of drug-likeness (QED) is 0.820. The van der Waals surface area contributed by atoms with E-state index in [1.54, 1.807) is 19.2 Å². The van der Waals surface area contributed by atoms with E-state index in [0.29, 0.717) is 25.2 Å². The van der Waals surface area contributed by atoms with Gasteiger partial charge in [0.1, 0.15) is 5.60 Å². The molecular formula is C15H23FN2O3. The van der Waals surface area contributed by atoms with Gasteiger partial charge in [0, 0.05) is 32.2 Å². The van der Waals surface area contributed by atoms with Crippen molar-refractivity contribution < 1.29 is 19.0 Å². The van der Waals surface area contributed by atoms with Crippen molar-refractivity contribution in [2.24, 2.45) is 0 Å². The van der Waals surface area contributed by atoms with Crippen LogP contribution in [0.3, 0.4) is 0 Å². The molecule has 0 aromatic heterocycles. The second-order valence-corrected chi connectivity index (χ2v) is 5.83. The van der Waals surface area contributed by atoms with Crippen LogP contribution in [-0.2, 0) is 11.3 Å². The standard InChI is InChI=1S/C15H23FN2O3/c1-15(2,3)21-14(20)18(4)9-8-17-10-11-6-5-7-12(16)13(11)19/h5-7,17,19H,8-10H2,1-4H3. The Bertz CT molecular complexity index is 486. The van der Waals surface area contributed by atoms with E-state index in [1.165, 1.54) is 11.0 Å². The molecule has 1 amide bonds. The summed E-state index contributed by atoms with van der Waals surface area (Å²) in [6.07, 6.45) is -0.391. The van der Waals surface area contributed by atoms with Crippen molar-refractivity contribution >= 4 is 6.09 Å². The first kappa shape index (κ1) is 17.2. The lowest BCUT2D eigenvalue weighted by Crippen LogP contribution is -2.37. The highest BCUT2D eigenvalue weighted by Gasteiger charge is 2.19. The fourth-order valence-electron chi connectivity index (χ4n) is 1.60. The molecule has 0 heterocycles. The van der Waals surface area contributed by atoms with Crippen molar-refractivity contribution in [1.29, 1.82) is 0 Å².